The van der Waals surface area contributed by atoms with Gasteiger partial charge in [-0.3, -0.25) is 4.79 Å². The van der Waals surface area contributed by atoms with Crippen LogP contribution in [0.1, 0.15) is 42.1 Å². The smallest absolute Gasteiger partial charge is 0.389 e. The molecular formula is C17H20F3NO3. The normalized spacial score (nSPS) is 21.6. The van der Waals surface area contributed by atoms with E-state index in [0.29, 0.717) is 24.1 Å². The van der Waals surface area contributed by atoms with Crippen LogP contribution < -0.4 is 0 Å². The molecule has 2 unspecified atom stereocenters. The Morgan fingerprint density at radius 3 is 2.42 bits per heavy atom. The molecule has 1 amide bonds. The van der Waals surface area contributed by atoms with Crippen molar-refractivity contribution in [2.75, 3.05) is 6.54 Å². The minimum atomic E-state index is -4.21. The van der Waals surface area contributed by atoms with Crippen LogP contribution in [0.15, 0.2) is 24.3 Å². The third-order valence-corrected chi connectivity index (χ3v) is 4.31. The highest BCUT2D eigenvalue weighted by Gasteiger charge is 2.35. The maximum Gasteiger partial charge on any atom is 0.389 e. The van der Waals surface area contributed by atoms with Crippen LogP contribution in [-0.4, -0.2) is 40.6 Å². The van der Waals surface area contributed by atoms with Gasteiger partial charge in [-0.2, -0.15) is 13.2 Å². The van der Waals surface area contributed by atoms with E-state index in [4.69, 9.17) is 0 Å². The maximum absolute atomic E-state index is 12.5. The molecule has 0 radical (unpaired) electrons. The molecule has 0 aliphatic carbocycles. The number of carboxylic acid groups (broad SMARTS) is 1. The first-order valence-electron chi connectivity index (χ1n) is 7.87. The first kappa shape index (κ1) is 18.3. The number of aliphatic carboxylic acids is 1. The standard InChI is InChI=1S/C17H20F3NO3/c1-11-7-9-21(14(10-11)16(23)24)15(22)13-4-2-12(3-5-13)6-8-17(18,19)20/h2-5,11,14H,6-10H2,1H3,(H,23,24). The van der Waals surface area contributed by atoms with Crippen LogP contribution in [0, 0.1) is 5.92 Å². The topological polar surface area (TPSA) is 57.6 Å². The molecule has 0 aromatic heterocycles. The molecule has 0 saturated carbocycles. The molecular weight excluding hydrogens is 323 g/mol. The summed E-state index contributed by atoms with van der Waals surface area (Å²) in [4.78, 5) is 25.3. The predicted octanol–water partition coefficient (Wildman–Crippen LogP) is 3.51. The summed E-state index contributed by atoms with van der Waals surface area (Å²) in [6.45, 7) is 2.32. The first-order valence-corrected chi connectivity index (χ1v) is 7.87. The van der Waals surface area contributed by atoms with E-state index in [0.717, 1.165) is 6.42 Å². The predicted molar refractivity (Wildman–Crippen MR) is 81.7 cm³/mol. The molecule has 0 spiro atoms. The second-order valence-corrected chi connectivity index (χ2v) is 6.29. The van der Waals surface area contributed by atoms with Gasteiger partial charge in [0.25, 0.3) is 5.91 Å². The number of hydrogen-bond acceptors (Lipinski definition) is 2. The fraction of sp³-hybridized carbons (Fsp3) is 0.529. The van der Waals surface area contributed by atoms with Gasteiger partial charge in [-0.05, 0) is 42.9 Å². The first-order chi connectivity index (χ1) is 11.2. The molecule has 4 nitrogen and oxygen atoms in total. The largest absolute Gasteiger partial charge is 0.480 e. The van der Waals surface area contributed by atoms with E-state index in [1.165, 1.54) is 29.2 Å². The van der Waals surface area contributed by atoms with Crippen LogP contribution in [0.5, 0.6) is 0 Å². The Hall–Kier alpha value is -2.05. The molecule has 1 heterocycles. The number of carboxylic acids is 1. The zero-order valence-electron chi connectivity index (χ0n) is 13.3. The second-order valence-electron chi connectivity index (χ2n) is 6.29. The van der Waals surface area contributed by atoms with Crippen molar-refractivity contribution < 1.29 is 27.9 Å². The van der Waals surface area contributed by atoms with Crippen molar-refractivity contribution in [2.45, 2.75) is 44.8 Å². The molecule has 1 saturated heterocycles. The molecule has 1 fully saturated rings. The number of aryl methyl sites for hydroxylation is 1. The van der Waals surface area contributed by atoms with Crippen LogP contribution >= 0.6 is 0 Å². The maximum atomic E-state index is 12.5. The van der Waals surface area contributed by atoms with Gasteiger partial charge in [0.2, 0.25) is 0 Å². The van der Waals surface area contributed by atoms with Crippen LogP contribution in [0.25, 0.3) is 0 Å². The average Bonchev–Trinajstić information content (AvgIpc) is 2.52. The minimum absolute atomic E-state index is 0.142. The van der Waals surface area contributed by atoms with Crippen molar-refractivity contribution in [3.63, 3.8) is 0 Å². The quantitative estimate of drug-likeness (QED) is 0.910. The summed E-state index contributed by atoms with van der Waals surface area (Å²) in [5.41, 5.74) is 0.789. The summed E-state index contributed by atoms with van der Waals surface area (Å²) in [7, 11) is 0. The van der Waals surface area contributed by atoms with Gasteiger partial charge in [0.15, 0.2) is 0 Å². The summed E-state index contributed by atoms with van der Waals surface area (Å²) in [6, 6.07) is 5.05. The average molecular weight is 343 g/mol. The summed E-state index contributed by atoms with van der Waals surface area (Å²) in [5, 5.41) is 9.31. The number of carbonyl (C=O) groups excluding carboxylic acids is 1. The van der Waals surface area contributed by atoms with Gasteiger partial charge in [0.1, 0.15) is 6.04 Å². The van der Waals surface area contributed by atoms with E-state index in [1.807, 2.05) is 6.92 Å². The molecule has 1 N–H and O–H groups in total. The molecule has 2 atom stereocenters. The molecule has 24 heavy (non-hydrogen) atoms. The lowest BCUT2D eigenvalue weighted by atomic mass is 9.91. The van der Waals surface area contributed by atoms with Crippen molar-refractivity contribution in [3.8, 4) is 0 Å². The Morgan fingerprint density at radius 1 is 1.25 bits per heavy atom. The van der Waals surface area contributed by atoms with Crippen molar-refractivity contribution in [2.24, 2.45) is 5.92 Å². The number of piperidine rings is 1. The highest BCUT2D eigenvalue weighted by molar-refractivity contribution is 5.96. The molecule has 1 aromatic rings. The van der Waals surface area contributed by atoms with E-state index in [2.05, 4.69) is 0 Å². The number of rotatable bonds is 4. The van der Waals surface area contributed by atoms with Crippen molar-refractivity contribution >= 4 is 11.9 Å². The van der Waals surface area contributed by atoms with Crippen molar-refractivity contribution in [1.82, 2.24) is 4.90 Å². The zero-order valence-corrected chi connectivity index (χ0v) is 13.3. The molecule has 1 aliphatic heterocycles. The van der Waals surface area contributed by atoms with Gasteiger partial charge in [-0.15, -0.1) is 0 Å². The van der Waals surface area contributed by atoms with E-state index in [9.17, 15) is 27.9 Å². The number of halogens is 3. The van der Waals surface area contributed by atoms with E-state index < -0.39 is 30.5 Å². The van der Waals surface area contributed by atoms with Crippen LogP contribution in [0.3, 0.4) is 0 Å². The fourth-order valence-corrected chi connectivity index (χ4v) is 2.88. The number of carbonyl (C=O) groups is 2. The lowest BCUT2D eigenvalue weighted by Crippen LogP contribution is -2.49. The van der Waals surface area contributed by atoms with Crippen molar-refractivity contribution in [1.29, 1.82) is 0 Å². The van der Waals surface area contributed by atoms with Gasteiger partial charge < -0.3 is 10.0 Å². The molecule has 2 rings (SSSR count). The molecule has 1 aromatic carbocycles. The Morgan fingerprint density at radius 2 is 1.88 bits per heavy atom. The third-order valence-electron chi connectivity index (χ3n) is 4.31. The number of amides is 1. The Kier molecular flexibility index (Phi) is 5.51. The van der Waals surface area contributed by atoms with Gasteiger partial charge in [0, 0.05) is 18.5 Å². The lowest BCUT2D eigenvalue weighted by Gasteiger charge is -2.36. The fourth-order valence-electron chi connectivity index (χ4n) is 2.88. The number of nitrogens with zero attached hydrogens (tertiary/aromatic N) is 1. The molecule has 1 aliphatic rings. The van der Waals surface area contributed by atoms with Gasteiger partial charge in [-0.1, -0.05) is 19.1 Å². The van der Waals surface area contributed by atoms with Gasteiger partial charge in [-0.25, -0.2) is 4.79 Å². The van der Waals surface area contributed by atoms with Crippen LogP contribution in [-0.2, 0) is 11.2 Å². The Balaban J connectivity index is 2.07. The van der Waals surface area contributed by atoms with E-state index in [1.54, 1.807) is 0 Å². The minimum Gasteiger partial charge on any atom is -0.480 e. The zero-order chi connectivity index (χ0) is 17.9. The number of likely N-dealkylation sites (tertiary alicyclic amines) is 1. The lowest BCUT2D eigenvalue weighted by molar-refractivity contribution is -0.144. The number of hydrogen-bond donors (Lipinski definition) is 1. The third kappa shape index (κ3) is 4.72. The molecule has 132 valence electrons. The van der Waals surface area contributed by atoms with Gasteiger partial charge in [0.05, 0.1) is 0 Å². The number of benzene rings is 1. The monoisotopic (exact) mass is 343 g/mol. The van der Waals surface area contributed by atoms with Gasteiger partial charge >= 0.3 is 12.1 Å². The summed E-state index contributed by atoms with van der Waals surface area (Å²) >= 11 is 0. The van der Waals surface area contributed by atoms with Crippen molar-refractivity contribution in [3.05, 3.63) is 35.4 Å². The summed E-state index contributed by atoms with van der Waals surface area (Å²) in [6.07, 6.45) is -4.13. The van der Waals surface area contributed by atoms with E-state index >= 15 is 0 Å². The highest BCUT2D eigenvalue weighted by Crippen LogP contribution is 2.25. The van der Waals surface area contributed by atoms with E-state index in [-0.39, 0.29) is 12.3 Å². The highest BCUT2D eigenvalue weighted by atomic mass is 19.4. The molecule has 0 bridgehead atoms. The number of alkyl halides is 3. The second kappa shape index (κ2) is 7.23. The Bertz CT molecular complexity index is 598. The Labute approximate surface area is 138 Å². The van der Waals surface area contributed by atoms with Crippen LogP contribution in [0.4, 0.5) is 13.2 Å². The SMILES string of the molecule is CC1CCN(C(=O)c2ccc(CCC(F)(F)F)cc2)C(C(=O)O)C1. The summed E-state index contributed by atoms with van der Waals surface area (Å²) in [5.74, 6) is -1.19. The molecule has 7 heteroatoms. The summed E-state index contributed by atoms with van der Waals surface area (Å²) < 4.78 is 36.7. The van der Waals surface area contributed by atoms with Crippen LogP contribution in [0.2, 0.25) is 0 Å².